The smallest absolute Gasteiger partial charge is 0.213 e. The van der Waals surface area contributed by atoms with Gasteiger partial charge in [-0.05, 0) is 6.07 Å². The van der Waals surface area contributed by atoms with Gasteiger partial charge in [0.1, 0.15) is 11.9 Å². The van der Waals surface area contributed by atoms with Crippen molar-refractivity contribution in [3.05, 3.63) is 52.8 Å². The van der Waals surface area contributed by atoms with Crippen LogP contribution in [0, 0.1) is 17.1 Å². The molecule has 16 heavy (non-hydrogen) atoms. The van der Waals surface area contributed by atoms with Gasteiger partial charge in [-0.1, -0.05) is 23.7 Å². The van der Waals surface area contributed by atoms with Crippen LogP contribution in [0.5, 0.6) is 0 Å². The van der Waals surface area contributed by atoms with Crippen molar-refractivity contribution in [2.24, 2.45) is 0 Å². The van der Waals surface area contributed by atoms with Gasteiger partial charge in [-0.2, -0.15) is 5.26 Å². The lowest BCUT2D eigenvalue weighted by Crippen LogP contribution is -2.03. The van der Waals surface area contributed by atoms with E-state index in [1.54, 1.807) is 22.9 Å². The van der Waals surface area contributed by atoms with Crippen LogP contribution in [0.3, 0.4) is 0 Å². The molecule has 0 saturated carbocycles. The lowest BCUT2D eigenvalue weighted by atomic mass is 10.2. The Labute approximate surface area is 96.7 Å². The summed E-state index contributed by atoms with van der Waals surface area (Å²) in [6, 6.07) is 6.71. The maximum absolute atomic E-state index is 13.6. The van der Waals surface area contributed by atoms with Gasteiger partial charge < -0.3 is 4.57 Å². The average Bonchev–Trinajstić information content (AvgIpc) is 2.72. The second kappa shape index (κ2) is 4.33. The van der Waals surface area contributed by atoms with Crippen LogP contribution in [-0.4, -0.2) is 9.55 Å². The minimum absolute atomic E-state index is 0.0797. The highest BCUT2D eigenvalue weighted by atomic mass is 35.5. The summed E-state index contributed by atoms with van der Waals surface area (Å²) in [7, 11) is 0. The molecule has 2 aromatic rings. The number of nitrogens with zero attached hydrogens (tertiary/aromatic N) is 3. The Kier molecular flexibility index (Phi) is 2.88. The molecule has 0 spiro atoms. The first-order valence-corrected chi connectivity index (χ1v) is 4.94. The molecule has 1 aromatic carbocycles. The fraction of sp³-hybridized carbons (Fsp3) is 0.0909. The molecule has 0 atom stereocenters. The largest absolute Gasteiger partial charge is 0.318 e. The summed E-state index contributed by atoms with van der Waals surface area (Å²) in [4.78, 5) is 3.83. The number of imidazole rings is 1. The van der Waals surface area contributed by atoms with Gasteiger partial charge in [0, 0.05) is 18.0 Å². The highest BCUT2D eigenvalue weighted by molar-refractivity contribution is 6.30. The first-order chi connectivity index (χ1) is 7.72. The fourth-order valence-electron chi connectivity index (χ4n) is 1.40. The number of nitriles is 1. The van der Waals surface area contributed by atoms with Crippen molar-refractivity contribution in [1.82, 2.24) is 9.55 Å². The van der Waals surface area contributed by atoms with Crippen LogP contribution in [0.1, 0.15) is 11.4 Å². The molecule has 0 aliphatic rings. The van der Waals surface area contributed by atoms with Crippen LogP contribution in [0.2, 0.25) is 5.02 Å². The van der Waals surface area contributed by atoms with E-state index in [4.69, 9.17) is 16.9 Å². The molecule has 0 amide bonds. The third-order valence-electron chi connectivity index (χ3n) is 2.19. The van der Waals surface area contributed by atoms with Crippen molar-refractivity contribution in [2.45, 2.75) is 6.54 Å². The van der Waals surface area contributed by atoms with Gasteiger partial charge in [0.2, 0.25) is 5.82 Å². The molecule has 2 rings (SSSR count). The predicted molar refractivity (Wildman–Crippen MR) is 57.5 cm³/mol. The molecule has 1 heterocycles. The normalized spacial score (nSPS) is 10.1. The van der Waals surface area contributed by atoms with Crippen LogP contribution >= 0.6 is 11.6 Å². The Morgan fingerprint density at radius 2 is 2.31 bits per heavy atom. The Morgan fingerprint density at radius 3 is 3.06 bits per heavy atom. The number of benzene rings is 1. The van der Waals surface area contributed by atoms with Gasteiger partial charge in [-0.3, -0.25) is 0 Å². The number of hydrogen-bond acceptors (Lipinski definition) is 2. The molecular formula is C11H7ClFN3. The molecule has 0 saturated heterocycles. The molecule has 0 unspecified atom stereocenters. The quantitative estimate of drug-likeness (QED) is 0.803. The summed E-state index contributed by atoms with van der Waals surface area (Å²) in [6.07, 6.45) is 3.12. The standard InChI is InChI=1S/C11H7ClFN3/c12-9-3-1-2-8(11(9)13)7-16-5-4-15-10(16)6-14/h1-5H,7H2. The second-order valence-electron chi connectivity index (χ2n) is 3.20. The first-order valence-electron chi connectivity index (χ1n) is 4.56. The molecule has 0 fully saturated rings. The van der Waals surface area contributed by atoms with E-state index in [9.17, 15) is 4.39 Å². The zero-order valence-electron chi connectivity index (χ0n) is 8.19. The van der Waals surface area contributed by atoms with Crippen molar-refractivity contribution in [3.8, 4) is 6.07 Å². The van der Waals surface area contributed by atoms with E-state index in [-0.39, 0.29) is 17.4 Å². The Hall–Kier alpha value is -1.86. The minimum Gasteiger partial charge on any atom is -0.318 e. The molecule has 0 N–H and O–H groups in total. The molecule has 0 aliphatic heterocycles. The molecule has 0 aliphatic carbocycles. The van der Waals surface area contributed by atoms with Crippen molar-refractivity contribution >= 4 is 11.6 Å². The first kappa shape index (κ1) is 10.7. The van der Waals surface area contributed by atoms with Gasteiger partial charge in [0.15, 0.2) is 0 Å². The number of rotatable bonds is 2. The third kappa shape index (κ3) is 1.90. The van der Waals surface area contributed by atoms with Gasteiger partial charge in [0.25, 0.3) is 0 Å². The molecule has 5 heteroatoms. The fourth-order valence-corrected chi connectivity index (χ4v) is 1.60. The average molecular weight is 236 g/mol. The van der Waals surface area contributed by atoms with E-state index in [2.05, 4.69) is 4.98 Å². The van der Waals surface area contributed by atoms with Crippen LogP contribution in [0.4, 0.5) is 4.39 Å². The van der Waals surface area contributed by atoms with Crippen LogP contribution in [0.15, 0.2) is 30.6 Å². The van der Waals surface area contributed by atoms with E-state index >= 15 is 0 Å². The zero-order chi connectivity index (χ0) is 11.5. The van der Waals surface area contributed by atoms with E-state index < -0.39 is 5.82 Å². The van der Waals surface area contributed by atoms with Crippen LogP contribution in [0.25, 0.3) is 0 Å². The van der Waals surface area contributed by atoms with E-state index in [0.717, 1.165) is 0 Å². The van der Waals surface area contributed by atoms with E-state index in [1.165, 1.54) is 12.3 Å². The number of halogens is 2. The molecule has 0 bridgehead atoms. The van der Waals surface area contributed by atoms with Crippen molar-refractivity contribution < 1.29 is 4.39 Å². The molecule has 1 aromatic heterocycles. The highest BCUT2D eigenvalue weighted by Crippen LogP contribution is 2.18. The van der Waals surface area contributed by atoms with Gasteiger partial charge in [0.05, 0.1) is 11.6 Å². The van der Waals surface area contributed by atoms with Gasteiger partial charge >= 0.3 is 0 Å². The Morgan fingerprint density at radius 1 is 1.50 bits per heavy atom. The molecular weight excluding hydrogens is 229 g/mol. The Balaban J connectivity index is 2.35. The van der Waals surface area contributed by atoms with E-state index in [1.807, 2.05) is 6.07 Å². The molecule has 0 radical (unpaired) electrons. The summed E-state index contributed by atoms with van der Waals surface area (Å²) < 4.78 is 15.1. The summed E-state index contributed by atoms with van der Waals surface area (Å²) in [6.45, 7) is 0.245. The Bertz CT molecular complexity index is 557. The van der Waals surface area contributed by atoms with Gasteiger partial charge in [-0.15, -0.1) is 0 Å². The second-order valence-corrected chi connectivity index (χ2v) is 3.61. The van der Waals surface area contributed by atoms with Crippen molar-refractivity contribution in [3.63, 3.8) is 0 Å². The van der Waals surface area contributed by atoms with Gasteiger partial charge in [-0.25, -0.2) is 9.37 Å². The highest BCUT2D eigenvalue weighted by Gasteiger charge is 2.08. The van der Waals surface area contributed by atoms with Crippen LogP contribution < -0.4 is 0 Å². The van der Waals surface area contributed by atoms with Crippen molar-refractivity contribution in [2.75, 3.05) is 0 Å². The molecule has 80 valence electrons. The summed E-state index contributed by atoms with van der Waals surface area (Å²) >= 11 is 5.66. The lowest BCUT2D eigenvalue weighted by molar-refractivity contribution is 0.599. The summed E-state index contributed by atoms with van der Waals surface area (Å²) in [5, 5.41) is 8.84. The third-order valence-corrected chi connectivity index (χ3v) is 2.48. The van der Waals surface area contributed by atoms with E-state index in [0.29, 0.717) is 5.56 Å². The number of aromatic nitrogens is 2. The number of hydrogen-bond donors (Lipinski definition) is 0. The minimum atomic E-state index is -0.457. The molecule has 3 nitrogen and oxygen atoms in total. The summed E-state index contributed by atoms with van der Waals surface area (Å²) in [5.41, 5.74) is 0.432. The topological polar surface area (TPSA) is 41.6 Å². The summed E-state index contributed by atoms with van der Waals surface area (Å²) in [5.74, 6) is -0.207. The SMILES string of the molecule is N#Cc1nccn1Cc1cccc(Cl)c1F. The monoisotopic (exact) mass is 235 g/mol. The van der Waals surface area contributed by atoms with Crippen molar-refractivity contribution in [1.29, 1.82) is 5.26 Å². The maximum Gasteiger partial charge on any atom is 0.213 e. The maximum atomic E-state index is 13.6. The van der Waals surface area contributed by atoms with Crippen LogP contribution in [-0.2, 0) is 6.54 Å². The zero-order valence-corrected chi connectivity index (χ0v) is 8.95. The lowest BCUT2D eigenvalue weighted by Gasteiger charge is -2.06. The predicted octanol–water partition coefficient (Wildman–Crippen LogP) is 2.60.